The van der Waals surface area contributed by atoms with Gasteiger partial charge in [0.15, 0.2) is 28.1 Å². The summed E-state index contributed by atoms with van der Waals surface area (Å²) >= 11 is 5.07. The van der Waals surface area contributed by atoms with Gasteiger partial charge in [-0.15, -0.1) is 0 Å². The molecule has 0 saturated heterocycles. The van der Waals surface area contributed by atoms with Crippen molar-refractivity contribution in [1.29, 1.82) is 0 Å². The van der Waals surface area contributed by atoms with Crippen LogP contribution in [0.5, 0.6) is 28.7 Å². The van der Waals surface area contributed by atoms with E-state index in [1.54, 1.807) is 12.1 Å². The predicted octanol–water partition coefficient (Wildman–Crippen LogP) is 1.68. The Kier molecular flexibility index (Phi) is 8.26. The highest BCUT2D eigenvalue weighted by atomic mass is 32.1. The number of hydrogen-bond donors (Lipinski definition) is 3. The summed E-state index contributed by atoms with van der Waals surface area (Å²) in [5, 5.41) is 2.34. The molecule has 0 fully saturated rings. The molecule has 0 spiro atoms. The summed E-state index contributed by atoms with van der Waals surface area (Å²) in [5.74, 6) is 0.820. The van der Waals surface area contributed by atoms with Gasteiger partial charge in [-0.3, -0.25) is 25.8 Å². The number of thiocarbonyl (C=S) groups is 1. The molecule has 10 nitrogen and oxygen atoms in total. The van der Waals surface area contributed by atoms with Crippen molar-refractivity contribution < 1.29 is 33.3 Å². The van der Waals surface area contributed by atoms with Gasteiger partial charge >= 0.3 is 0 Å². The Labute approximate surface area is 184 Å². The molecular weight excluding hydrogens is 426 g/mol. The first-order valence-corrected chi connectivity index (χ1v) is 9.23. The topological polar surface area (TPSA) is 116 Å². The largest absolute Gasteiger partial charge is 0.493 e. The fraction of sp³-hybridized carbons (Fsp3) is 0.250. The second kappa shape index (κ2) is 10.9. The molecule has 2 rings (SSSR count). The number of carbonyl (C=O) groups is 2. The molecule has 0 aromatic heterocycles. The third-order valence-corrected chi connectivity index (χ3v) is 4.29. The zero-order chi connectivity index (χ0) is 23.0. The quantitative estimate of drug-likeness (QED) is 0.429. The maximum Gasteiger partial charge on any atom is 0.269 e. The van der Waals surface area contributed by atoms with Crippen molar-refractivity contribution in [3.63, 3.8) is 0 Å². The van der Waals surface area contributed by atoms with E-state index in [9.17, 15) is 9.59 Å². The van der Waals surface area contributed by atoms with Gasteiger partial charge in [-0.2, -0.15) is 0 Å². The van der Waals surface area contributed by atoms with E-state index < -0.39 is 11.8 Å². The number of benzene rings is 2. The van der Waals surface area contributed by atoms with Crippen LogP contribution in [-0.2, 0) is 0 Å². The van der Waals surface area contributed by atoms with Gasteiger partial charge < -0.3 is 23.7 Å². The first-order valence-electron chi connectivity index (χ1n) is 8.82. The van der Waals surface area contributed by atoms with Crippen molar-refractivity contribution in [1.82, 2.24) is 16.2 Å². The molecule has 0 aliphatic carbocycles. The maximum atomic E-state index is 12.5. The molecule has 2 aromatic rings. The number of nitrogens with one attached hydrogen (secondary N) is 3. The summed E-state index contributed by atoms with van der Waals surface area (Å²) in [6.07, 6.45) is 0. The summed E-state index contributed by atoms with van der Waals surface area (Å²) < 4.78 is 26.0. The van der Waals surface area contributed by atoms with E-state index in [1.165, 1.54) is 53.7 Å². The second-order valence-corrected chi connectivity index (χ2v) is 6.25. The molecule has 3 N–H and O–H groups in total. The zero-order valence-corrected chi connectivity index (χ0v) is 18.5. The Morgan fingerprint density at radius 3 is 1.74 bits per heavy atom. The SMILES string of the molecule is COc1ccc(C(=O)NNC(=S)NC(=O)c2cc(OC)c(OC)c(OC)c2)cc1OC. The van der Waals surface area contributed by atoms with E-state index in [0.717, 1.165) is 0 Å². The molecule has 0 atom stereocenters. The van der Waals surface area contributed by atoms with E-state index in [-0.39, 0.29) is 10.7 Å². The smallest absolute Gasteiger partial charge is 0.269 e. The van der Waals surface area contributed by atoms with Gasteiger partial charge in [0.05, 0.1) is 35.5 Å². The number of carbonyl (C=O) groups excluding carboxylic acids is 2. The normalized spacial score (nSPS) is 9.84. The lowest BCUT2D eigenvalue weighted by atomic mass is 10.1. The molecule has 2 aromatic carbocycles. The molecule has 166 valence electrons. The van der Waals surface area contributed by atoms with Crippen LogP contribution >= 0.6 is 12.2 Å². The summed E-state index contributed by atoms with van der Waals surface area (Å²) in [4.78, 5) is 24.8. The maximum absolute atomic E-state index is 12.5. The molecule has 0 heterocycles. The minimum atomic E-state index is -0.544. The number of ether oxygens (including phenoxy) is 5. The van der Waals surface area contributed by atoms with Crippen molar-refractivity contribution in [3.05, 3.63) is 41.5 Å². The van der Waals surface area contributed by atoms with Crippen molar-refractivity contribution in [2.75, 3.05) is 35.5 Å². The molecule has 11 heteroatoms. The van der Waals surface area contributed by atoms with E-state index >= 15 is 0 Å². The summed E-state index contributed by atoms with van der Waals surface area (Å²) in [6, 6.07) is 7.60. The highest BCUT2D eigenvalue weighted by Crippen LogP contribution is 2.38. The lowest BCUT2D eigenvalue weighted by Crippen LogP contribution is -2.48. The van der Waals surface area contributed by atoms with Crippen LogP contribution in [0.4, 0.5) is 0 Å². The molecule has 2 amide bonds. The van der Waals surface area contributed by atoms with Gasteiger partial charge in [-0.1, -0.05) is 0 Å². The van der Waals surface area contributed by atoms with Crippen LogP contribution < -0.4 is 39.9 Å². The Balaban J connectivity index is 2.03. The number of rotatable bonds is 7. The number of methoxy groups -OCH3 is 5. The molecule has 0 saturated carbocycles. The lowest BCUT2D eigenvalue weighted by molar-refractivity contribution is 0.0934. The van der Waals surface area contributed by atoms with Crippen molar-refractivity contribution in [2.24, 2.45) is 0 Å². The number of amides is 2. The zero-order valence-electron chi connectivity index (χ0n) is 17.7. The Morgan fingerprint density at radius 1 is 0.677 bits per heavy atom. The molecule has 0 aliphatic heterocycles. The Morgan fingerprint density at radius 2 is 1.23 bits per heavy atom. The van der Waals surface area contributed by atoms with Crippen molar-refractivity contribution in [2.45, 2.75) is 0 Å². The Bertz CT molecular complexity index is 956. The fourth-order valence-electron chi connectivity index (χ4n) is 2.58. The molecule has 0 unspecified atom stereocenters. The van der Waals surface area contributed by atoms with Gasteiger partial charge in [0, 0.05) is 11.1 Å². The number of hydrazine groups is 1. The molecular formula is C20H23N3O7S. The van der Waals surface area contributed by atoms with Crippen LogP contribution in [0.2, 0.25) is 0 Å². The van der Waals surface area contributed by atoms with E-state index in [4.69, 9.17) is 35.9 Å². The summed E-state index contributed by atoms with van der Waals surface area (Å²) in [6.45, 7) is 0. The first-order chi connectivity index (χ1) is 14.9. The fourth-order valence-corrected chi connectivity index (χ4v) is 2.73. The van der Waals surface area contributed by atoms with E-state index in [1.807, 2.05) is 0 Å². The first kappa shape index (κ1) is 23.5. The molecule has 0 aliphatic rings. The molecule has 0 bridgehead atoms. The highest BCUT2D eigenvalue weighted by Gasteiger charge is 2.18. The third-order valence-electron chi connectivity index (χ3n) is 4.09. The van der Waals surface area contributed by atoms with Gasteiger partial charge in [0.1, 0.15) is 0 Å². The summed E-state index contributed by atoms with van der Waals surface area (Å²) in [5.41, 5.74) is 5.37. The summed E-state index contributed by atoms with van der Waals surface area (Å²) in [7, 11) is 7.30. The van der Waals surface area contributed by atoms with Crippen LogP contribution in [0.25, 0.3) is 0 Å². The monoisotopic (exact) mass is 449 g/mol. The predicted molar refractivity (Wildman–Crippen MR) is 116 cm³/mol. The van der Waals surface area contributed by atoms with Gasteiger partial charge in [-0.25, -0.2) is 0 Å². The lowest BCUT2D eigenvalue weighted by Gasteiger charge is -2.15. The number of hydrogen-bond acceptors (Lipinski definition) is 8. The van der Waals surface area contributed by atoms with E-state index in [0.29, 0.717) is 34.3 Å². The second-order valence-electron chi connectivity index (χ2n) is 5.85. The minimum Gasteiger partial charge on any atom is -0.493 e. The van der Waals surface area contributed by atoms with Crippen molar-refractivity contribution >= 4 is 29.1 Å². The van der Waals surface area contributed by atoms with Crippen LogP contribution in [0.1, 0.15) is 20.7 Å². The average Bonchev–Trinajstić information content (AvgIpc) is 2.80. The Hall–Kier alpha value is -3.73. The van der Waals surface area contributed by atoms with Gasteiger partial charge in [0.25, 0.3) is 11.8 Å². The minimum absolute atomic E-state index is 0.118. The molecule has 0 radical (unpaired) electrons. The van der Waals surface area contributed by atoms with E-state index in [2.05, 4.69) is 16.2 Å². The average molecular weight is 449 g/mol. The van der Waals surface area contributed by atoms with Crippen LogP contribution in [0.3, 0.4) is 0 Å². The van der Waals surface area contributed by atoms with Gasteiger partial charge in [-0.05, 0) is 42.5 Å². The molecule has 31 heavy (non-hydrogen) atoms. The van der Waals surface area contributed by atoms with Crippen LogP contribution in [-0.4, -0.2) is 52.5 Å². The highest BCUT2D eigenvalue weighted by molar-refractivity contribution is 7.80. The van der Waals surface area contributed by atoms with Crippen molar-refractivity contribution in [3.8, 4) is 28.7 Å². The van der Waals surface area contributed by atoms with Gasteiger partial charge in [0.2, 0.25) is 5.75 Å². The van der Waals surface area contributed by atoms with Crippen LogP contribution in [0.15, 0.2) is 30.3 Å². The standard InChI is InChI=1S/C20H23N3O7S/c1-26-13-7-6-11(8-14(13)27-2)19(25)22-23-20(31)21-18(24)12-9-15(28-3)17(30-5)16(10-12)29-4/h6-10H,1-5H3,(H,22,25)(H2,21,23,24,31). The van der Waals surface area contributed by atoms with Crippen LogP contribution in [0, 0.1) is 0 Å². The third kappa shape index (κ3) is 5.66.